The maximum Gasteiger partial charge on any atom is 0.256 e. The molecule has 1 aliphatic heterocycles. The summed E-state index contributed by atoms with van der Waals surface area (Å²) in [6.07, 6.45) is 2.77. The number of benzene rings is 1. The summed E-state index contributed by atoms with van der Waals surface area (Å²) < 4.78 is 0.914. The lowest BCUT2D eigenvalue weighted by molar-refractivity contribution is -0.110. The summed E-state index contributed by atoms with van der Waals surface area (Å²) in [4.78, 5) is 33.7. The maximum atomic E-state index is 13.5. The normalized spacial score (nSPS) is 14.2. The molecule has 7 heteroatoms. The van der Waals surface area contributed by atoms with Crippen molar-refractivity contribution >= 4 is 45.1 Å². The number of nitrogens with zero attached hydrogens (tertiary/aromatic N) is 2. The van der Waals surface area contributed by atoms with Crippen molar-refractivity contribution in [3.8, 4) is 0 Å². The number of fused-ring (bicyclic) bond motifs is 1. The van der Waals surface area contributed by atoms with Crippen LogP contribution >= 0.6 is 15.9 Å². The van der Waals surface area contributed by atoms with Gasteiger partial charge in [-0.15, -0.1) is 0 Å². The number of carbonyl (C=O) groups excluding carboxylic acids is 2. The van der Waals surface area contributed by atoms with Crippen molar-refractivity contribution in [2.45, 2.75) is 41.0 Å². The summed E-state index contributed by atoms with van der Waals surface area (Å²) >= 11 is 3.49. The van der Waals surface area contributed by atoms with E-state index < -0.39 is 0 Å². The van der Waals surface area contributed by atoms with Gasteiger partial charge in [0.05, 0.1) is 11.1 Å². The molecule has 0 aliphatic carbocycles. The summed E-state index contributed by atoms with van der Waals surface area (Å²) in [5, 5.41) is 2.91. The Hall–Kier alpha value is -2.38. The Balaban J connectivity index is 1.92. The largest absolute Gasteiger partial charge is 0.358 e. The number of rotatable bonds is 9. The molecule has 0 fully saturated rings. The number of aromatic nitrogens is 1. The van der Waals surface area contributed by atoms with E-state index >= 15 is 0 Å². The molecule has 2 N–H and O–H groups in total. The molecule has 0 radical (unpaired) electrons. The van der Waals surface area contributed by atoms with Gasteiger partial charge in [0.2, 0.25) is 0 Å². The van der Waals surface area contributed by atoms with Crippen molar-refractivity contribution in [3.05, 3.63) is 50.8 Å². The van der Waals surface area contributed by atoms with Crippen molar-refractivity contribution in [2.75, 3.05) is 38.0 Å². The number of anilines is 1. The smallest absolute Gasteiger partial charge is 0.256 e. The van der Waals surface area contributed by atoms with Crippen LogP contribution in [0.15, 0.2) is 22.7 Å². The van der Waals surface area contributed by atoms with Gasteiger partial charge in [-0.1, -0.05) is 36.7 Å². The van der Waals surface area contributed by atoms with Gasteiger partial charge in [-0.05, 0) is 63.2 Å². The van der Waals surface area contributed by atoms with Crippen molar-refractivity contribution < 1.29 is 9.59 Å². The molecule has 0 bridgehead atoms. The van der Waals surface area contributed by atoms with Crippen molar-refractivity contribution in [1.29, 1.82) is 0 Å². The Labute approximate surface area is 199 Å². The van der Waals surface area contributed by atoms with Gasteiger partial charge in [0.15, 0.2) is 0 Å². The van der Waals surface area contributed by atoms with E-state index in [0.29, 0.717) is 17.7 Å². The molecule has 2 heterocycles. The highest BCUT2D eigenvalue weighted by molar-refractivity contribution is 9.10. The fourth-order valence-corrected chi connectivity index (χ4v) is 4.59. The van der Waals surface area contributed by atoms with Crippen LogP contribution in [0.2, 0.25) is 0 Å². The Kier molecular flexibility index (Phi) is 7.96. The molecular weight excluding hydrogens is 468 g/mol. The molecule has 1 aromatic heterocycles. The van der Waals surface area contributed by atoms with Gasteiger partial charge in [0.25, 0.3) is 11.8 Å². The molecule has 1 aliphatic rings. The first-order chi connectivity index (χ1) is 15.3. The number of likely N-dealkylation sites (N-methyl/N-ethyl adjacent to an activating group) is 1. The number of H-pyrrole nitrogens is 1. The van der Waals surface area contributed by atoms with Gasteiger partial charge in [0, 0.05) is 46.7 Å². The van der Waals surface area contributed by atoms with E-state index in [4.69, 9.17) is 0 Å². The molecule has 2 amide bonds. The van der Waals surface area contributed by atoms with Crippen LogP contribution in [-0.4, -0.2) is 59.3 Å². The number of halogens is 1. The molecule has 0 spiro atoms. The van der Waals surface area contributed by atoms with E-state index in [1.54, 1.807) is 0 Å². The first kappa shape index (κ1) is 24.3. The van der Waals surface area contributed by atoms with E-state index in [2.05, 4.69) is 51.9 Å². The minimum Gasteiger partial charge on any atom is -0.358 e. The second kappa shape index (κ2) is 10.5. The fourth-order valence-electron chi connectivity index (χ4n) is 4.23. The first-order valence-corrected chi connectivity index (χ1v) is 12.1. The lowest BCUT2D eigenvalue weighted by atomic mass is 10.0. The molecule has 1 aromatic carbocycles. The van der Waals surface area contributed by atoms with Crippen LogP contribution in [0.3, 0.4) is 0 Å². The summed E-state index contributed by atoms with van der Waals surface area (Å²) in [7, 11) is 0. The topological polar surface area (TPSA) is 68.4 Å². The van der Waals surface area contributed by atoms with E-state index in [0.717, 1.165) is 65.3 Å². The summed E-state index contributed by atoms with van der Waals surface area (Å²) in [6.45, 7) is 14.5. The SMILES string of the molecule is CCCN(CCN(CC)CC)C(=O)c1c(C)[nH]c(/C=C2\C(=O)Nc3ccc(Br)cc32)c1C. The van der Waals surface area contributed by atoms with Crippen LogP contribution in [0.1, 0.15) is 60.1 Å². The van der Waals surface area contributed by atoms with Crippen LogP contribution in [-0.2, 0) is 4.79 Å². The number of amides is 2. The number of nitrogens with one attached hydrogen (secondary N) is 2. The molecule has 0 saturated heterocycles. The van der Waals surface area contributed by atoms with Gasteiger partial charge in [-0.3, -0.25) is 9.59 Å². The standard InChI is InChI=1S/C25H33BrN4O2/c1-6-11-30(13-12-29(7-2)8-3)25(32)23-16(4)22(27-17(23)5)15-20-19-14-18(26)9-10-21(19)28-24(20)31/h9-10,14-15,27H,6-8,11-13H2,1-5H3,(H,28,31)/b20-15-. The second-order valence-corrected chi connectivity index (χ2v) is 9.10. The van der Waals surface area contributed by atoms with Crippen LogP contribution < -0.4 is 5.32 Å². The van der Waals surface area contributed by atoms with Crippen LogP contribution in [0.5, 0.6) is 0 Å². The molecule has 0 atom stereocenters. The number of hydrogen-bond acceptors (Lipinski definition) is 3. The maximum absolute atomic E-state index is 13.5. The van der Waals surface area contributed by atoms with Gasteiger partial charge in [-0.2, -0.15) is 0 Å². The van der Waals surface area contributed by atoms with E-state index in [1.807, 2.05) is 43.0 Å². The highest BCUT2D eigenvalue weighted by Crippen LogP contribution is 2.35. The third-order valence-electron chi connectivity index (χ3n) is 6.10. The Bertz CT molecular complexity index is 1040. The zero-order chi connectivity index (χ0) is 23.4. The minimum absolute atomic E-state index is 0.0499. The number of carbonyl (C=O) groups is 2. The molecule has 32 heavy (non-hydrogen) atoms. The van der Waals surface area contributed by atoms with Gasteiger partial charge < -0.3 is 20.1 Å². The van der Waals surface area contributed by atoms with Crippen molar-refractivity contribution in [1.82, 2.24) is 14.8 Å². The third kappa shape index (κ3) is 4.99. The molecular formula is C25H33BrN4O2. The summed E-state index contributed by atoms with van der Waals surface area (Å²) in [5.41, 5.74) is 5.46. The molecule has 0 unspecified atom stereocenters. The lowest BCUT2D eigenvalue weighted by Crippen LogP contribution is -2.39. The minimum atomic E-state index is -0.135. The number of aromatic amines is 1. The summed E-state index contributed by atoms with van der Waals surface area (Å²) in [6, 6.07) is 5.73. The number of hydrogen-bond donors (Lipinski definition) is 2. The Morgan fingerprint density at radius 2 is 1.81 bits per heavy atom. The second-order valence-electron chi connectivity index (χ2n) is 8.18. The average Bonchev–Trinajstić information content (AvgIpc) is 3.22. The molecule has 172 valence electrons. The first-order valence-electron chi connectivity index (χ1n) is 11.3. The molecule has 0 saturated carbocycles. The van der Waals surface area contributed by atoms with Gasteiger partial charge in [0.1, 0.15) is 0 Å². The fraction of sp³-hybridized carbons (Fsp3) is 0.440. The third-order valence-corrected chi connectivity index (χ3v) is 6.60. The van der Waals surface area contributed by atoms with Gasteiger partial charge >= 0.3 is 0 Å². The highest BCUT2D eigenvalue weighted by Gasteiger charge is 2.27. The quantitative estimate of drug-likeness (QED) is 0.471. The van der Waals surface area contributed by atoms with Gasteiger partial charge in [-0.25, -0.2) is 0 Å². The lowest BCUT2D eigenvalue weighted by Gasteiger charge is -2.26. The monoisotopic (exact) mass is 500 g/mol. The predicted octanol–water partition coefficient (Wildman–Crippen LogP) is 5.08. The van der Waals surface area contributed by atoms with Crippen LogP contribution in [0.4, 0.5) is 5.69 Å². The molecule has 2 aromatic rings. The zero-order valence-corrected chi connectivity index (χ0v) is 21.2. The zero-order valence-electron chi connectivity index (χ0n) is 19.6. The van der Waals surface area contributed by atoms with Crippen molar-refractivity contribution in [3.63, 3.8) is 0 Å². The predicted molar refractivity (Wildman–Crippen MR) is 135 cm³/mol. The van der Waals surface area contributed by atoms with E-state index in [-0.39, 0.29) is 11.8 Å². The number of aryl methyl sites for hydroxylation is 1. The highest BCUT2D eigenvalue weighted by atomic mass is 79.9. The van der Waals surface area contributed by atoms with E-state index in [9.17, 15) is 9.59 Å². The van der Waals surface area contributed by atoms with Crippen LogP contribution in [0.25, 0.3) is 11.6 Å². The average molecular weight is 501 g/mol. The van der Waals surface area contributed by atoms with Crippen LogP contribution in [0, 0.1) is 13.8 Å². The molecule has 6 nitrogen and oxygen atoms in total. The Morgan fingerprint density at radius 3 is 2.47 bits per heavy atom. The Morgan fingerprint density at radius 1 is 1.09 bits per heavy atom. The molecule has 3 rings (SSSR count). The summed E-state index contributed by atoms with van der Waals surface area (Å²) in [5.74, 6) is -0.0848. The van der Waals surface area contributed by atoms with E-state index in [1.165, 1.54) is 0 Å². The van der Waals surface area contributed by atoms with Crippen molar-refractivity contribution in [2.24, 2.45) is 0 Å².